The van der Waals surface area contributed by atoms with Gasteiger partial charge in [0, 0.05) is 30.8 Å². The molecule has 0 radical (unpaired) electrons. The molecule has 0 aliphatic heterocycles. The van der Waals surface area contributed by atoms with Crippen LogP contribution in [-0.2, 0) is 0 Å². The summed E-state index contributed by atoms with van der Waals surface area (Å²) in [4.78, 5) is 9.06. The minimum atomic E-state index is -2.24. The lowest BCUT2D eigenvalue weighted by atomic mass is 10.2. The Morgan fingerprint density at radius 1 is 1.21 bits per heavy atom. The predicted molar refractivity (Wildman–Crippen MR) is 71.0 cm³/mol. The first-order valence-corrected chi connectivity index (χ1v) is 7.15. The Kier molecular flexibility index (Phi) is 4.98. The van der Waals surface area contributed by atoms with E-state index in [4.69, 9.17) is 0 Å². The molecule has 0 bridgehead atoms. The molecule has 0 aliphatic rings. The van der Waals surface area contributed by atoms with Gasteiger partial charge in [-0.1, -0.05) is 11.8 Å². The van der Waals surface area contributed by atoms with E-state index in [1.807, 2.05) is 12.1 Å². The topological polar surface area (TPSA) is 25.8 Å². The summed E-state index contributed by atoms with van der Waals surface area (Å²) in [5.74, 6) is -1.11. The monoisotopic (exact) mass is 302 g/mol. The van der Waals surface area contributed by atoms with Crippen LogP contribution in [-0.4, -0.2) is 15.7 Å². The van der Waals surface area contributed by atoms with Crippen LogP contribution in [0, 0.1) is 0 Å². The maximum absolute atomic E-state index is 12.6. The Morgan fingerprint density at radius 3 is 2.63 bits per heavy atom. The number of halogens is 3. The van der Waals surface area contributed by atoms with Crippen molar-refractivity contribution < 1.29 is 13.2 Å². The molecule has 100 valence electrons. The number of hydrogen-bond acceptors (Lipinski definition) is 4. The van der Waals surface area contributed by atoms with Crippen LogP contribution >= 0.6 is 23.1 Å². The van der Waals surface area contributed by atoms with Crippen molar-refractivity contribution in [2.45, 2.75) is 10.8 Å². The van der Waals surface area contributed by atoms with Crippen LogP contribution in [0.4, 0.5) is 13.2 Å². The van der Waals surface area contributed by atoms with Crippen LogP contribution < -0.4 is 0 Å². The minimum absolute atomic E-state index is 0.243. The zero-order valence-electron chi connectivity index (χ0n) is 9.65. The molecular formula is C12H9F3N2S2. The van der Waals surface area contributed by atoms with Crippen LogP contribution in [0.25, 0.3) is 10.4 Å². The standard InChI is InChI=1S/C12H9F3N2S2/c13-9(11(14)15)3-6-18-12-17-7-10(19-12)8-1-4-16-5-2-8/h1-2,4-5,7H,3,6H2. The van der Waals surface area contributed by atoms with Gasteiger partial charge in [-0.2, -0.15) is 8.78 Å². The summed E-state index contributed by atoms with van der Waals surface area (Å²) in [7, 11) is 0. The van der Waals surface area contributed by atoms with E-state index < -0.39 is 11.9 Å². The Hall–Kier alpha value is -1.34. The van der Waals surface area contributed by atoms with Gasteiger partial charge in [0.2, 0.25) is 0 Å². The van der Waals surface area contributed by atoms with Gasteiger partial charge < -0.3 is 0 Å². The summed E-state index contributed by atoms with van der Waals surface area (Å²) in [6.07, 6.45) is 2.57. The minimum Gasteiger partial charge on any atom is -0.265 e. The lowest BCUT2D eigenvalue weighted by Gasteiger charge is -1.95. The summed E-state index contributed by atoms with van der Waals surface area (Å²) < 4.78 is 37.0. The summed E-state index contributed by atoms with van der Waals surface area (Å²) in [6, 6.07) is 3.73. The second-order valence-corrected chi connectivity index (χ2v) is 5.86. The molecule has 7 heteroatoms. The van der Waals surface area contributed by atoms with Crippen molar-refractivity contribution in [2.75, 3.05) is 5.75 Å². The molecule has 0 spiro atoms. The lowest BCUT2D eigenvalue weighted by Crippen LogP contribution is -1.81. The van der Waals surface area contributed by atoms with E-state index in [1.165, 1.54) is 23.1 Å². The van der Waals surface area contributed by atoms with Crippen molar-refractivity contribution in [3.63, 3.8) is 0 Å². The molecule has 0 aromatic carbocycles. The second-order valence-electron chi connectivity index (χ2n) is 3.49. The average molecular weight is 302 g/mol. The smallest absolute Gasteiger partial charge is 0.265 e. The maximum atomic E-state index is 12.6. The van der Waals surface area contributed by atoms with Gasteiger partial charge in [0.05, 0.1) is 4.88 Å². The van der Waals surface area contributed by atoms with Crippen molar-refractivity contribution in [1.82, 2.24) is 9.97 Å². The Morgan fingerprint density at radius 2 is 1.95 bits per heavy atom. The van der Waals surface area contributed by atoms with Gasteiger partial charge >= 0.3 is 6.08 Å². The number of allylic oxidation sites excluding steroid dienone is 1. The van der Waals surface area contributed by atoms with Crippen molar-refractivity contribution in [2.24, 2.45) is 0 Å². The molecule has 0 N–H and O–H groups in total. The van der Waals surface area contributed by atoms with Gasteiger partial charge in [-0.05, 0) is 17.7 Å². The molecular weight excluding hydrogens is 293 g/mol. The van der Waals surface area contributed by atoms with Gasteiger partial charge in [0.1, 0.15) is 4.34 Å². The van der Waals surface area contributed by atoms with Crippen LogP contribution in [0.15, 0.2) is 47.0 Å². The first-order chi connectivity index (χ1) is 9.16. The van der Waals surface area contributed by atoms with Gasteiger partial charge in [0.25, 0.3) is 0 Å². The van der Waals surface area contributed by atoms with Crippen LogP contribution in [0.5, 0.6) is 0 Å². The quantitative estimate of drug-likeness (QED) is 0.744. The molecule has 2 nitrogen and oxygen atoms in total. The average Bonchev–Trinajstić information content (AvgIpc) is 2.88. The molecule has 2 aromatic rings. The largest absolute Gasteiger partial charge is 0.301 e. The zero-order valence-corrected chi connectivity index (χ0v) is 11.3. The molecule has 0 amide bonds. The number of thioether (sulfide) groups is 1. The first-order valence-electron chi connectivity index (χ1n) is 5.35. The van der Waals surface area contributed by atoms with Crippen molar-refractivity contribution in [3.8, 4) is 10.4 Å². The fourth-order valence-corrected chi connectivity index (χ4v) is 3.29. The predicted octanol–water partition coefficient (Wildman–Crippen LogP) is 4.76. The van der Waals surface area contributed by atoms with Gasteiger partial charge in [-0.15, -0.1) is 11.3 Å². The van der Waals surface area contributed by atoms with Gasteiger partial charge in [-0.3, -0.25) is 4.98 Å². The van der Waals surface area contributed by atoms with Crippen LogP contribution in [0.1, 0.15) is 6.42 Å². The molecule has 0 saturated carbocycles. The van der Waals surface area contributed by atoms with E-state index >= 15 is 0 Å². The molecule has 0 fully saturated rings. The number of hydrogen-bond donors (Lipinski definition) is 0. The number of thiazole rings is 1. The van der Waals surface area contributed by atoms with E-state index in [-0.39, 0.29) is 12.2 Å². The van der Waals surface area contributed by atoms with E-state index in [9.17, 15) is 13.2 Å². The Labute approximate surface area is 116 Å². The third kappa shape index (κ3) is 4.07. The molecule has 2 aromatic heterocycles. The molecule has 0 aliphatic carbocycles. The number of pyridine rings is 1. The summed E-state index contributed by atoms with van der Waals surface area (Å²) in [5, 5.41) is 0. The molecule has 19 heavy (non-hydrogen) atoms. The van der Waals surface area contributed by atoms with Crippen molar-refractivity contribution in [1.29, 1.82) is 0 Å². The fourth-order valence-electron chi connectivity index (χ4n) is 1.30. The van der Waals surface area contributed by atoms with Crippen molar-refractivity contribution >= 4 is 23.1 Å². The van der Waals surface area contributed by atoms with E-state index in [1.54, 1.807) is 18.6 Å². The molecule has 2 rings (SSSR count). The molecule has 0 unspecified atom stereocenters. The molecule has 0 saturated heterocycles. The molecule has 2 heterocycles. The van der Waals surface area contributed by atoms with Crippen LogP contribution in [0.3, 0.4) is 0 Å². The van der Waals surface area contributed by atoms with Gasteiger partial charge in [-0.25, -0.2) is 9.37 Å². The third-order valence-corrected chi connectivity index (χ3v) is 4.41. The second kappa shape index (κ2) is 6.72. The van der Waals surface area contributed by atoms with E-state index in [0.717, 1.165) is 14.8 Å². The zero-order chi connectivity index (χ0) is 13.7. The maximum Gasteiger partial charge on any atom is 0.301 e. The Balaban J connectivity index is 1.94. The van der Waals surface area contributed by atoms with Gasteiger partial charge in [0.15, 0.2) is 5.83 Å². The third-order valence-electron chi connectivity index (χ3n) is 2.20. The Bertz CT molecular complexity index is 565. The highest BCUT2D eigenvalue weighted by atomic mass is 32.2. The summed E-state index contributed by atoms with van der Waals surface area (Å²) in [6.45, 7) is 0. The SMILES string of the molecule is FC(F)=C(F)CCSc1ncc(-c2ccncc2)s1. The normalized spacial score (nSPS) is 10.5. The highest BCUT2D eigenvalue weighted by Gasteiger charge is 2.08. The summed E-state index contributed by atoms with van der Waals surface area (Å²) in [5.41, 5.74) is 1.00. The fraction of sp³-hybridized carbons (Fsp3) is 0.167. The van der Waals surface area contributed by atoms with E-state index in [0.29, 0.717) is 0 Å². The number of nitrogens with zero attached hydrogens (tertiary/aromatic N) is 2. The highest BCUT2D eigenvalue weighted by molar-refractivity contribution is 8.01. The lowest BCUT2D eigenvalue weighted by molar-refractivity contribution is 0.373. The molecule has 0 atom stereocenters. The highest BCUT2D eigenvalue weighted by Crippen LogP contribution is 2.32. The first kappa shape index (κ1) is 14.1. The van der Waals surface area contributed by atoms with Crippen molar-refractivity contribution in [3.05, 3.63) is 42.6 Å². The number of rotatable bonds is 5. The van der Waals surface area contributed by atoms with E-state index in [2.05, 4.69) is 9.97 Å². The number of aromatic nitrogens is 2. The van der Waals surface area contributed by atoms with Crippen LogP contribution in [0.2, 0.25) is 0 Å². The summed E-state index contributed by atoms with van der Waals surface area (Å²) >= 11 is 2.71.